The Bertz CT molecular complexity index is 477. The van der Waals surface area contributed by atoms with Crippen molar-refractivity contribution in [2.75, 3.05) is 0 Å². The molecule has 0 spiro atoms. The van der Waals surface area contributed by atoms with E-state index in [-0.39, 0.29) is 0 Å². The number of aldehydes is 1. The maximum Gasteiger partial charge on any atom is 0.226 e. The fourth-order valence-corrected chi connectivity index (χ4v) is 1.27. The van der Waals surface area contributed by atoms with Crippen molar-refractivity contribution in [3.63, 3.8) is 0 Å². The molecule has 1 aromatic heterocycles. The molecule has 0 aliphatic carbocycles. The van der Waals surface area contributed by atoms with Crippen molar-refractivity contribution < 1.29 is 9.32 Å². The van der Waals surface area contributed by atoms with Gasteiger partial charge < -0.3 is 4.52 Å². The lowest BCUT2D eigenvalue weighted by Gasteiger charge is -1.94. The third-order valence-corrected chi connectivity index (χ3v) is 2.05. The minimum atomic E-state index is 0.524. The van der Waals surface area contributed by atoms with Crippen molar-refractivity contribution in [3.05, 3.63) is 35.7 Å². The van der Waals surface area contributed by atoms with Gasteiger partial charge in [-0.05, 0) is 6.07 Å². The van der Waals surface area contributed by atoms with Crippen molar-refractivity contribution in [3.8, 4) is 11.4 Å². The normalized spacial score (nSPS) is 10.2. The quantitative estimate of drug-likeness (QED) is 0.715. The van der Waals surface area contributed by atoms with Gasteiger partial charge in [0, 0.05) is 17.5 Å². The molecule has 1 heterocycles. The lowest BCUT2D eigenvalue weighted by atomic mass is 10.1. The first-order chi connectivity index (χ1) is 7.33. The zero-order valence-electron chi connectivity index (χ0n) is 8.30. The summed E-state index contributed by atoms with van der Waals surface area (Å²) in [4.78, 5) is 14.8. The van der Waals surface area contributed by atoms with Gasteiger partial charge >= 0.3 is 0 Å². The highest BCUT2D eigenvalue weighted by atomic mass is 16.5. The van der Waals surface area contributed by atoms with Gasteiger partial charge in [0.1, 0.15) is 6.29 Å². The van der Waals surface area contributed by atoms with Crippen molar-refractivity contribution in [1.29, 1.82) is 0 Å². The molecule has 0 radical (unpaired) electrons. The van der Waals surface area contributed by atoms with E-state index in [0.717, 1.165) is 11.8 Å². The van der Waals surface area contributed by atoms with Crippen LogP contribution in [-0.2, 0) is 6.42 Å². The highest BCUT2D eigenvalue weighted by Gasteiger charge is 2.06. The van der Waals surface area contributed by atoms with Crippen molar-refractivity contribution in [2.24, 2.45) is 0 Å². The summed E-state index contributed by atoms with van der Waals surface area (Å²) in [5, 5.41) is 3.83. The summed E-state index contributed by atoms with van der Waals surface area (Å²) in [7, 11) is 0. The van der Waals surface area contributed by atoms with E-state index in [2.05, 4.69) is 10.1 Å². The highest BCUT2D eigenvalue weighted by molar-refractivity contribution is 5.77. The minimum Gasteiger partial charge on any atom is -0.339 e. The largest absolute Gasteiger partial charge is 0.339 e. The Morgan fingerprint density at radius 1 is 1.47 bits per heavy atom. The zero-order valence-corrected chi connectivity index (χ0v) is 8.30. The first-order valence-electron chi connectivity index (χ1n) is 4.71. The van der Waals surface area contributed by atoms with Gasteiger partial charge in [-0.15, -0.1) is 0 Å². The summed E-state index contributed by atoms with van der Waals surface area (Å²) in [5.41, 5.74) is 1.40. The number of benzene rings is 1. The van der Waals surface area contributed by atoms with Gasteiger partial charge in [0.25, 0.3) is 0 Å². The molecule has 0 unspecified atom stereocenters. The second kappa shape index (κ2) is 4.04. The molecule has 0 N–H and O–H groups in total. The van der Waals surface area contributed by atoms with Crippen LogP contribution in [0.2, 0.25) is 0 Å². The van der Waals surface area contributed by atoms with Crippen LogP contribution < -0.4 is 0 Å². The van der Waals surface area contributed by atoms with Crippen molar-refractivity contribution in [1.82, 2.24) is 10.1 Å². The van der Waals surface area contributed by atoms with E-state index in [4.69, 9.17) is 4.52 Å². The van der Waals surface area contributed by atoms with Crippen LogP contribution in [0.5, 0.6) is 0 Å². The first kappa shape index (κ1) is 9.58. The van der Waals surface area contributed by atoms with E-state index in [9.17, 15) is 4.79 Å². The highest BCUT2D eigenvalue weighted by Crippen LogP contribution is 2.16. The molecule has 0 bridgehead atoms. The number of aromatic nitrogens is 2. The third-order valence-electron chi connectivity index (χ3n) is 2.05. The van der Waals surface area contributed by atoms with E-state index in [1.165, 1.54) is 0 Å². The van der Waals surface area contributed by atoms with Gasteiger partial charge in [-0.3, -0.25) is 4.79 Å². The molecule has 4 heteroatoms. The number of hydrogen-bond acceptors (Lipinski definition) is 4. The molecular formula is C11H10N2O2. The molecule has 0 saturated carbocycles. The molecular weight excluding hydrogens is 192 g/mol. The molecule has 2 rings (SSSR count). The van der Waals surface area contributed by atoms with Crippen LogP contribution in [0, 0.1) is 0 Å². The lowest BCUT2D eigenvalue weighted by molar-refractivity contribution is 0.112. The molecule has 15 heavy (non-hydrogen) atoms. The second-order valence-electron chi connectivity index (χ2n) is 3.11. The Balaban J connectivity index is 2.39. The minimum absolute atomic E-state index is 0.524. The topological polar surface area (TPSA) is 56.0 Å². The third kappa shape index (κ3) is 1.93. The smallest absolute Gasteiger partial charge is 0.226 e. The summed E-state index contributed by atoms with van der Waals surface area (Å²) in [6, 6.07) is 7.10. The van der Waals surface area contributed by atoms with Crippen LogP contribution in [0.3, 0.4) is 0 Å². The number of carbonyl (C=O) groups excluding carboxylic acids is 1. The first-order valence-corrected chi connectivity index (χ1v) is 4.71. The maximum atomic E-state index is 10.6. The summed E-state index contributed by atoms with van der Waals surface area (Å²) < 4.78 is 4.99. The van der Waals surface area contributed by atoms with Gasteiger partial charge in [0.2, 0.25) is 11.7 Å². The van der Waals surface area contributed by atoms with Gasteiger partial charge in [0.15, 0.2) is 0 Å². The average molecular weight is 202 g/mol. The van der Waals surface area contributed by atoms with Gasteiger partial charge in [-0.1, -0.05) is 30.3 Å². The van der Waals surface area contributed by atoms with Crippen LogP contribution in [0.1, 0.15) is 23.2 Å². The Hall–Kier alpha value is -1.97. The van der Waals surface area contributed by atoms with Crippen LogP contribution in [0.4, 0.5) is 0 Å². The van der Waals surface area contributed by atoms with Crippen molar-refractivity contribution in [2.45, 2.75) is 13.3 Å². The molecule has 4 nitrogen and oxygen atoms in total. The molecule has 0 atom stereocenters. The molecule has 0 saturated heterocycles. The maximum absolute atomic E-state index is 10.6. The SMILES string of the molecule is CCc1nc(-c2cccc(C=O)c2)no1. The van der Waals surface area contributed by atoms with Crippen LogP contribution >= 0.6 is 0 Å². The predicted octanol–water partition coefficient (Wildman–Crippen LogP) is 2.11. The number of hydrogen-bond donors (Lipinski definition) is 0. The molecule has 2 aromatic rings. The van der Waals surface area contributed by atoms with E-state index >= 15 is 0 Å². The molecule has 76 valence electrons. The Morgan fingerprint density at radius 3 is 3.00 bits per heavy atom. The molecule has 0 fully saturated rings. The monoisotopic (exact) mass is 202 g/mol. The fourth-order valence-electron chi connectivity index (χ4n) is 1.27. The van der Waals surface area contributed by atoms with Gasteiger partial charge in [0.05, 0.1) is 0 Å². The van der Waals surface area contributed by atoms with Crippen LogP contribution in [0.15, 0.2) is 28.8 Å². The molecule has 1 aromatic carbocycles. The molecule has 0 amide bonds. The van der Waals surface area contributed by atoms with Gasteiger partial charge in [-0.25, -0.2) is 0 Å². The number of rotatable bonds is 3. The number of carbonyl (C=O) groups is 1. The Labute approximate surface area is 86.9 Å². The van der Waals surface area contributed by atoms with Crippen LogP contribution in [0.25, 0.3) is 11.4 Å². The van der Waals surface area contributed by atoms with E-state index < -0.39 is 0 Å². The van der Waals surface area contributed by atoms with Crippen molar-refractivity contribution >= 4 is 6.29 Å². The number of nitrogens with zero attached hydrogens (tertiary/aromatic N) is 2. The van der Waals surface area contributed by atoms with E-state index in [1.54, 1.807) is 18.2 Å². The molecule has 0 aliphatic heterocycles. The Morgan fingerprint density at radius 2 is 2.33 bits per heavy atom. The standard InChI is InChI=1S/C11H10N2O2/c1-2-10-12-11(13-15-10)9-5-3-4-8(6-9)7-14/h3-7H,2H2,1H3. The van der Waals surface area contributed by atoms with Gasteiger partial charge in [-0.2, -0.15) is 4.98 Å². The lowest BCUT2D eigenvalue weighted by Crippen LogP contribution is -1.85. The van der Waals surface area contributed by atoms with Crippen LogP contribution in [-0.4, -0.2) is 16.4 Å². The summed E-state index contributed by atoms with van der Waals surface area (Å²) >= 11 is 0. The second-order valence-corrected chi connectivity index (χ2v) is 3.11. The average Bonchev–Trinajstić information content (AvgIpc) is 2.78. The fraction of sp³-hybridized carbons (Fsp3) is 0.182. The zero-order chi connectivity index (χ0) is 10.7. The number of aryl methyl sites for hydroxylation is 1. The summed E-state index contributed by atoms with van der Waals surface area (Å²) in [5.74, 6) is 1.12. The predicted molar refractivity (Wildman–Crippen MR) is 54.5 cm³/mol. The molecule has 0 aliphatic rings. The van der Waals surface area contributed by atoms with E-state index in [1.807, 2.05) is 13.0 Å². The Kier molecular flexibility index (Phi) is 2.58. The summed E-state index contributed by atoms with van der Waals surface area (Å²) in [6.07, 6.45) is 1.50. The summed E-state index contributed by atoms with van der Waals surface area (Å²) in [6.45, 7) is 1.94. The van der Waals surface area contributed by atoms with E-state index in [0.29, 0.717) is 23.7 Å².